The molecule has 1 fully saturated rings. The molecule has 1 heterocycles. The van der Waals surface area contributed by atoms with Crippen LogP contribution >= 0.6 is 0 Å². The van der Waals surface area contributed by atoms with Crippen LogP contribution in [0.4, 0.5) is 13.2 Å². The Morgan fingerprint density at radius 3 is 2.50 bits per heavy atom. The van der Waals surface area contributed by atoms with Gasteiger partial charge in [0.1, 0.15) is 0 Å². The van der Waals surface area contributed by atoms with Crippen molar-refractivity contribution in [3.63, 3.8) is 0 Å². The highest BCUT2D eigenvalue weighted by Crippen LogP contribution is 2.24. The first kappa shape index (κ1) is 11.8. The van der Waals surface area contributed by atoms with Crippen molar-refractivity contribution in [2.24, 2.45) is 0 Å². The van der Waals surface area contributed by atoms with Gasteiger partial charge < -0.3 is 5.32 Å². The lowest BCUT2D eigenvalue weighted by atomic mass is 9.98. The van der Waals surface area contributed by atoms with Gasteiger partial charge >= 0.3 is 6.18 Å². The number of nitrogens with one attached hydrogen (secondary N) is 1. The maximum absolute atomic E-state index is 12.2. The first-order valence-corrected chi connectivity index (χ1v) is 4.76. The fourth-order valence-corrected chi connectivity index (χ4v) is 1.67. The minimum atomic E-state index is -4.10. The predicted octanol–water partition coefficient (Wildman–Crippen LogP) is 1.62. The Balaban J connectivity index is 2.63. The Bertz CT molecular complexity index is 201. The van der Waals surface area contributed by atoms with E-state index < -0.39 is 18.3 Å². The molecule has 1 aliphatic rings. The first-order valence-electron chi connectivity index (χ1n) is 4.76. The lowest BCUT2D eigenvalue weighted by Gasteiger charge is -2.45. The molecule has 0 aromatic rings. The average molecular weight is 210 g/mol. The molecule has 0 aliphatic carbocycles. The van der Waals surface area contributed by atoms with Gasteiger partial charge in [-0.1, -0.05) is 0 Å². The molecule has 1 unspecified atom stereocenters. The molecular weight excluding hydrogens is 193 g/mol. The molecule has 1 aliphatic heterocycles. The van der Waals surface area contributed by atoms with Crippen LogP contribution in [-0.4, -0.2) is 42.3 Å². The van der Waals surface area contributed by atoms with Crippen molar-refractivity contribution in [1.29, 1.82) is 0 Å². The van der Waals surface area contributed by atoms with Crippen LogP contribution < -0.4 is 5.32 Å². The van der Waals surface area contributed by atoms with Gasteiger partial charge in [-0.05, 0) is 20.8 Å². The van der Waals surface area contributed by atoms with E-state index in [4.69, 9.17) is 0 Å². The fourth-order valence-electron chi connectivity index (χ4n) is 1.67. The van der Waals surface area contributed by atoms with Crippen LogP contribution in [0.15, 0.2) is 0 Å². The highest BCUT2D eigenvalue weighted by Gasteiger charge is 2.39. The zero-order valence-electron chi connectivity index (χ0n) is 8.78. The number of alkyl halides is 3. The molecule has 1 rings (SSSR count). The summed E-state index contributed by atoms with van der Waals surface area (Å²) in [5.74, 6) is 0. The Labute approximate surface area is 82.5 Å². The Morgan fingerprint density at radius 2 is 2.00 bits per heavy atom. The minimum Gasteiger partial charge on any atom is -0.311 e. The van der Waals surface area contributed by atoms with E-state index in [1.165, 1.54) is 4.90 Å². The largest absolute Gasteiger partial charge is 0.401 e. The van der Waals surface area contributed by atoms with Crippen molar-refractivity contribution in [3.05, 3.63) is 0 Å². The summed E-state index contributed by atoms with van der Waals surface area (Å²) in [5.41, 5.74) is -0.415. The fraction of sp³-hybridized carbons (Fsp3) is 1.00. The van der Waals surface area contributed by atoms with Crippen molar-refractivity contribution in [3.8, 4) is 0 Å². The third kappa shape index (κ3) is 3.13. The highest BCUT2D eigenvalue weighted by atomic mass is 19.4. The molecule has 14 heavy (non-hydrogen) atoms. The summed E-state index contributed by atoms with van der Waals surface area (Å²) in [6, 6.07) is 0.130. The maximum Gasteiger partial charge on any atom is 0.401 e. The summed E-state index contributed by atoms with van der Waals surface area (Å²) >= 11 is 0. The second-order valence-electron chi connectivity index (χ2n) is 4.59. The molecule has 1 saturated heterocycles. The van der Waals surface area contributed by atoms with E-state index in [1.807, 2.05) is 20.8 Å². The maximum atomic E-state index is 12.2. The van der Waals surface area contributed by atoms with E-state index in [0.29, 0.717) is 13.1 Å². The molecule has 0 saturated carbocycles. The van der Waals surface area contributed by atoms with Gasteiger partial charge in [0, 0.05) is 24.7 Å². The van der Waals surface area contributed by atoms with Crippen molar-refractivity contribution in [2.75, 3.05) is 19.6 Å². The van der Waals surface area contributed by atoms with E-state index in [-0.39, 0.29) is 6.04 Å². The molecular formula is C9H17F3N2. The minimum absolute atomic E-state index is 0.130. The van der Waals surface area contributed by atoms with Gasteiger partial charge in [-0.25, -0.2) is 0 Å². The normalized spacial score (nSPS) is 29.1. The standard InChI is InChI=1S/C9H17F3N2/c1-7-4-14(6-9(10,11)12)8(2,3)5-13-7/h7,13H,4-6H2,1-3H3. The molecule has 1 N–H and O–H groups in total. The van der Waals surface area contributed by atoms with E-state index in [0.717, 1.165) is 0 Å². The van der Waals surface area contributed by atoms with Crippen LogP contribution in [0.5, 0.6) is 0 Å². The molecule has 84 valence electrons. The number of hydrogen-bond donors (Lipinski definition) is 1. The molecule has 0 radical (unpaired) electrons. The molecule has 0 aromatic carbocycles. The summed E-state index contributed by atoms with van der Waals surface area (Å²) in [5, 5.41) is 3.18. The van der Waals surface area contributed by atoms with E-state index in [2.05, 4.69) is 5.32 Å². The first-order chi connectivity index (χ1) is 6.21. The van der Waals surface area contributed by atoms with Crippen LogP contribution in [0.2, 0.25) is 0 Å². The zero-order valence-corrected chi connectivity index (χ0v) is 8.78. The van der Waals surface area contributed by atoms with Crippen LogP contribution in [-0.2, 0) is 0 Å². The van der Waals surface area contributed by atoms with Gasteiger partial charge in [-0.2, -0.15) is 13.2 Å². The summed E-state index contributed by atoms with van der Waals surface area (Å²) in [6.07, 6.45) is -4.10. The van der Waals surface area contributed by atoms with Gasteiger partial charge in [0.05, 0.1) is 6.54 Å². The third-order valence-electron chi connectivity index (χ3n) is 2.60. The monoisotopic (exact) mass is 210 g/mol. The molecule has 0 bridgehead atoms. The van der Waals surface area contributed by atoms with Gasteiger partial charge in [-0.3, -0.25) is 4.90 Å². The summed E-state index contributed by atoms with van der Waals surface area (Å²) in [7, 11) is 0. The van der Waals surface area contributed by atoms with E-state index in [9.17, 15) is 13.2 Å². The Kier molecular flexibility index (Phi) is 3.11. The second-order valence-corrected chi connectivity index (χ2v) is 4.59. The smallest absolute Gasteiger partial charge is 0.311 e. The van der Waals surface area contributed by atoms with Crippen molar-refractivity contribution < 1.29 is 13.2 Å². The number of hydrogen-bond acceptors (Lipinski definition) is 2. The second kappa shape index (κ2) is 3.70. The summed E-state index contributed by atoms with van der Waals surface area (Å²) in [6.45, 7) is 5.80. The number of nitrogens with zero attached hydrogens (tertiary/aromatic N) is 1. The Morgan fingerprint density at radius 1 is 1.43 bits per heavy atom. The number of piperazine rings is 1. The summed E-state index contributed by atoms with van der Waals surface area (Å²) < 4.78 is 36.7. The number of rotatable bonds is 1. The van der Waals surface area contributed by atoms with Gasteiger partial charge in [0.25, 0.3) is 0 Å². The predicted molar refractivity (Wildman–Crippen MR) is 49.2 cm³/mol. The van der Waals surface area contributed by atoms with Crippen molar-refractivity contribution >= 4 is 0 Å². The van der Waals surface area contributed by atoms with Crippen LogP contribution in [0.3, 0.4) is 0 Å². The van der Waals surface area contributed by atoms with Crippen molar-refractivity contribution in [2.45, 2.75) is 38.5 Å². The Hall–Kier alpha value is -0.290. The van der Waals surface area contributed by atoms with Crippen LogP contribution in [0.1, 0.15) is 20.8 Å². The van der Waals surface area contributed by atoms with Crippen LogP contribution in [0.25, 0.3) is 0 Å². The van der Waals surface area contributed by atoms with E-state index in [1.54, 1.807) is 0 Å². The quantitative estimate of drug-likeness (QED) is 0.707. The highest BCUT2D eigenvalue weighted by molar-refractivity contribution is 4.92. The molecule has 5 heteroatoms. The van der Waals surface area contributed by atoms with Gasteiger partial charge in [-0.15, -0.1) is 0 Å². The lowest BCUT2D eigenvalue weighted by Crippen LogP contribution is -2.62. The zero-order chi connectivity index (χ0) is 11.0. The topological polar surface area (TPSA) is 15.3 Å². The van der Waals surface area contributed by atoms with Crippen LogP contribution in [0, 0.1) is 0 Å². The molecule has 0 aromatic heterocycles. The van der Waals surface area contributed by atoms with Gasteiger partial charge in [0.2, 0.25) is 0 Å². The van der Waals surface area contributed by atoms with E-state index >= 15 is 0 Å². The summed E-state index contributed by atoms with van der Waals surface area (Å²) in [4.78, 5) is 1.49. The SMILES string of the molecule is CC1CN(CC(F)(F)F)C(C)(C)CN1. The van der Waals surface area contributed by atoms with Gasteiger partial charge in [0.15, 0.2) is 0 Å². The third-order valence-corrected chi connectivity index (χ3v) is 2.60. The molecule has 2 nitrogen and oxygen atoms in total. The molecule has 1 atom stereocenters. The molecule has 0 spiro atoms. The molecule has 0 amide bonds. The number of halogens is 3. The lowest BCUT2D eigenvalue weighted by molar-refractivity contribution is -0.161. The van der Waals surface area contributed by atoms with Crippen molar-refractivity contribution in [1.82, 2.24) is 10.2 Å². The average Bonchev–Trinajstić information content (AvgIpc) is 1.95.